The lowest BCUT2D eigenvalue weighted by atomic mass is 10.0. The van der Waals surface area contributed by atoms with E-state index in [2.05, 4.69) is 0 Å². The van der Waals surface area contributed by atoms with Crippen LogP contribution in [0.4, 0.5) is 0 Å². The zero-order valence-corrected chi connectivity index (χ0v) is 12.4. The molecule has 112 valence electrons. The SMILES string of the molecule is CCc1cc2cc(OC)cc(C(=O)c3ccc(O)cc3)c2o1. The van der Waals surface area contributed by atoms with E-state index in [1.165, 1.54) is 12.1 Å². The average molecular weight is 296 g/mol. The second-order valence-corrected chi connectivity index (χ2v) is 5.04. The molecule has 22 heavy (non-hydrogen) atoms. The van der Waals surface area contributed by atoms with E-state index in [1.54, 1.807) is 25.3 Å². The second-order valence-electron chi connectivity index (χ2n) is 5.04. The molecule has 4 heteroatoms. The van der Waals surface area contributed by atoms with Gasteiger partial charge in [-0.05, 0) is 42.5 Å². The first-order valence-electron chi connectivity index (χ1n) is 7.06. The maximum atomic E-state index is 12.7. The number of hydrogen-bond acceptors (Lipinski definition) is 4. The van der Waals surface area contributed by atoms with Gasteiger partial charge in [-0.2, -0.15) is 0 Å². The van der Waals surface area contributed by atoms with Gasteiger partial charge in [0, 0.05) is 17.4 Å². The summed E-state index contributed by atoms with van der Waals surface area (Å²) in [6, 6.07) is 11.6. The maximum Gasteiger partial charge on any atom is 0.196 e. The standard InChI is InChI=1S/C18H16O4/c1-3-14-8-12-9-15(21-2)10-16(18(12)22-14)17(20)11-4-6-13(19)7-5-11/h4-10,19H,3H2,1-2H3. The van der Waals surface area contributed by atoms with Gasteiger partial charge in [-0.25, -0.2) is 0 Å². The van der Waals surface area contributed by atoms with Crippen molar-refractivity contribution < 1.29 is 19.1 Å². The van der Waals surface area contributed by atoms with Crippen molar-refractivity contribution in [2.45, 2.75) is 13.3 Å². The smallest absolute Gasteiger partial charge is 0.196 e. The Hall–Kier alpha value is -2.75. The van der Waals surface area contributed by atoms with Crippen LogP contribution in [-0.2, 0) is 6.42 Å². The van der Waals surface area contributed by atoms with Gasteiger partial charge in [-0.3, -0.25) is 4.79 Å². The maximum absolute atomic E-state index is 12.7. The van der Waals surface area contributed by atoms with Gasteiger partial charge in [0.1, 0.15) is 22.8 Å². The zero-order chi connectivity index (χ0) is 15.7. The lowest BCUT2D eigenvalue weighted by Crippen LogP contribution is -2.02. The van der Waals surface area contributed by atoms with Crippen molar-refractivity contribution in [2.75, 3.05) is 7.11 Å². The number of aromatic hydroxyl groups is 1. The number of methoxy groups -OCH3 is 1. The summed E-state index contributed by atoms with van der Waals surface area (Å²) in [6.45, 7) is 2.00. The molecule has 0 aliphatic carbocycles. The van der Waals surface area contributed by atoms with Crippen LogP contribution in [0.25, 0.3) is 11.0 Å². The molecule has 0 saturated carbocycles. The second kappa shape index (κ2) is 5.56. The van der Waals surface area contributed by atoms with Crippen LogP contribution in [0.15, 0.2) is 46.9 Å². The molecule has 1 heterocycles. The number of ketones is 1. The summed E-state index contributed by atoms with van der Waals surface area (Å²) in [5.41, 5.74) is 1.51. The van der Waals surface area contributed by atoms with Crippen LogP contribution in [0, 0.1) is 0 Å². The first kappa shape index (κ1) is 14.2. The third-order valence-corrected chi connectivity index (χ3v) is 3.60. The fraction of sp³-hybridized carbons (Fsp3) is 0.167. The number of ether oxygens (including phenoxy) is 1. The highest BCUT2D eigenvalue weighted by molar-refractivity contribution is 6.15. The van der Waals surface area contributed by atoms with Gasteiger partial charge in [-0.15, -0.1) is 0 Å². The van der Waals surface area contributed by atoms with E-state index in [9.17, 15) is 9.90 Å². The number of fused-ring (bicyclic) bond motifs is 1. The minimum absolute atomic E-state index is 0.124. The molecule has 0 unspecified atom stereocenters. The van der Waals surface area contributed by atoms with Crippen molar-refractivity contribution in [2.24, 2.45) is 0 Å². The molecule has 0 fully saturated rings. The van der Waals surface area contributed by atoms with E-state index in [0.29, 0.717) is 22.5 Å². The molecule has 1 N–H and O–H groups in total. The number of aryl methyl sites for hydroxylation is 1. The van der Waals surface area contributed by atoms with Crippen molar-refractivity contribution >= 4 is 16.8 Å². The number of carbonyl (C=O) groups excluding carboxylic acids is 1. The minimum atomic E-state index is -0.166. The average Bonchev–Trinajstić information content (AvgIpc) is 2.97. The first-order chi connectivity index (χ1) is 10.6. The van der Waals surface area contributed by atoms with Gasteiger partial charge in [0.2, 0.25) is 0 Å². The topological polar surface area (TPSA) is 59.7 Å². The number of phenolic OH excluding ortho intramolecular Hbond substituents is 1. The summed E-state index contributed by atoms with van der Waals surface area (Å²) in [5, 5.41) is 10.2. The number of benzene rings is 2. The van der Waals surface area contributed by atoms with Gasteiger partial charge in [0.15, 0.2) is 5.78 Å². The summed E-state index contributed by atoms with van der Waals surface area (Å²) in [4.78, 5) is 12.7. The Balaban J connectivity index is 2.17. The third-order valence-electron chi connectivity index (χ3n) is 3.60. The van der Waals surface area contributed by atoms with Gasteiger partial charge in [-0.1, -0.05) is 6.92 Å². The molecule has 0 atom stereocenters. The molecule has 0 aliphatic heterocycles. The normalized spacial score (nSPS) is 10.8. The Kier molecular flexibility index (Phi) is 3.59. The molecule has 0 spiro atoms. The summed E-state index contributed by atoms with van der Waals surface area (Å²) < 4.78 is 11.1. The van der Waals surface area contributed by atoms with E-state index in [4.69, 9.17) is 9.15 Å². The predicted octanol–water partition coefficient (Wildman–Crippen LogP) is 3.94. The minimum Gasteiger partial charge on any atom is -0.508 e. The lowest BCUT2D eigenvalue weighted by molar-refractivity contribution is 0.103. The Bertz CT molecular complexity index is 828. The highest BCUT2D eigenvalue weighted by Gasteiger charge is 2.18. The summed E-state index contributed by atoms with van der Waals surface area (Å²) in [5.74, 6) is 1.39. The number of carbonyl (C=O) groups is 1. The molecule has 0 saturated heterocycles. The fourth-order valence-corrected chi connectivity index (χ4v) is 2.41. The Morgan fingerprint density at radius 2 is 1.91 bits per heavy atom. The lowest BCUT2D eigenvalue weighted by Gasteiger charge is -2.06. The first-order valence-corrected chi connectivity index (χ1v) is 7.06. The molecule has 4 nitrogen and oxygen atoms in total. The third kappa shape index (κ3) is 2.44. The van der Waals surface area contributed by atoms with Gasteiger partial charge < -0.3 is 14.3 Å². The Morgan fingerprint density at radius 3 is 2.55 bits per heavy atom. The summed E-state index contributed by atoms with van der Waals surface area (Å²) in [7, 11) is 1.57. The van der Waals surface area contributed by atoms with Crippen LogP contribution in [-0.4, -0.2) is 18.0 Å². The quantitative estimate of drug-likeness (QED) is 0.741. The van der Waals surface area contributed by atoms with E-state index < -0.39 is 0 Å². The Morgan fingerprint density at radius 1 is 1.18 bits per heavy atom. The van der Waals surface area contributed by atoms with E-state index in [1.807, 2.05) is 19.1 Å². The van der Waals surface area contributed by atoms with Crippen LogP contribution in [0.2, 0.25) is 0 Å². The monoisotopic (exact) mass is 296 g/mol. The van der Waals surface area contributed by atoms with Gasteiger partial charge in [0.05, 0.1) is 12.7 Å². The van der Waals surface area contributed by atoms with E-state index >= 15 is 0 Å². The molecule has 3 aromatic rings. The molecular weight excluding hydrogens is 280 g/mol. The van der Waals surface area contributed by atoms with E-state index in [0.717, 1.165) is 17.6 Å². The number of rotatable bonds is 4. The van der Waals surface area contributed by atoms with E-state index in [-0.39, 0.29) is 11.5 Å². The fourth-order valence-electron chi connectivity index (χ4n) is 2.41. The van der Waals surface area contributed by atoms with Crippen molar-refractivity contribution in [1.29, 1.82) is 0 Å². The molecular formula is C18H16O4. The van der Waals surface area contributed by atoms with Crippen molar-refractivity contribution in [1.82, 2.24) is 0 Å². The molecule has 0 aliphatic rings. The van der Waals surface area contributed by atoms with Crippen molar-refractivity contribution in [3.8, 4) is 11.5 Å². The van der Waals surface area contributed by atoms with Crippen LogP contribution < -0.4 is 4.74 Å². The number of hydrogen-bond donors (Lipinski definition) is 1. The zero-order valence-electron chi connectivity index (χ0n) is 12.4. The van der Waals surface area contributed by atoms with Crippen LogP contribution in [0.3, 0.4) is 0 Å². The molecule has 3 rings (SSSR count). The summed E-state index contributed by atoms with van der Waals surface area (Å²) in [6.07, 6.45) is 0.754. The van der Waals surface area contributed by atoms with Gasteiger partial charge >= 0.3 is 0 Å². The van der Waals surface area contributed by atoms with Crippen molar-refractivity contribution in [3.05, 3.63) is 59.4 Å². The molecule has 0 radical (unpaired) electrons. The van der Waals surface area contributed by atoms with Crippen LogP contribution >= 0.6 is 0 Å². The Labute approximate surface area is 127 Å². The molecule has 0 bridgehead atoms. The highest BCUT2D eigenvalue weighted by Crippen LogP contribution is 2.30. The molecule has 1 aromatic heterocycles. The van der Waals surface area contributed by atoms with Crippen LogP contribution in [0.5, 0.6) is 11.5 Å². The highest BCUT2D eigenvalue weighted by atomic mass is 16.5. The largest absolute Gasteiger partial charge is 0.508 e. The van der Waals surface area contributed by atoms with Crippen LogP contribution in [0.1, 0.15) is 28.6 Å². The number of phenols is 1. The molecule has 0 amide bonds. The summed E-state index contributed by atoms with van der Waals surface area (Å²) >= 11 is 0. The molecule has 2 aromatic carbocycles. The van der Waals surface area contributed by atoms with Crippen molar-refractivity contribution in [3.63, 3.8) is 0 Å². The number of furan rings is 1. The van der Waals surface area contributed by atoms with Gasteiger partial charge in [0.25, 0.3) is 0 Å². The predicted molar refractivity (Wildman–Crippen MR) is 83.7 cm³/mol.